The molecule has 1 N–H and O–H groups in total. The van der Waals surface area contributed by atoms with Crippen molar-refractivity contribution in [2.24, 2.45) is 0 Å². The Labute approximate surface area is 181 Å². The Morgan fingerprint density at radius 2 is 1.90 bits per heavy atom. The summed E-state index contributed by atoms with van der Waals surface area (Å²) in [4.78, 5) is 31.3. The van der Waals surface area contributed by atoms with Gasteiger partial charge in [-0.1, -0.05) is 18.2 Å². The van der Waals surface area contributed by atoms with Crippen molar-refractivity contribution in [2.45, 2.75) is 33.2 Å². The summed E-state index contributed by atoms with van der Waals surface area (Å²) in [6, 6.07) is 13.3. The zero-order valence-corrected chi connectivity index (χ0v) is 17.7. The Kier molecular flexibility index (Phi) is 7.54. The van der Waals surface area contributed by atoms with Crippen molar-refractivity contribution in [3.63, 3.8) is 0 Å². The SMILES string of the molecule is Cc1cc(C(=O)N(CCC(=O)NCCc2ccccn2)Cc2ccc(F)cc2)c(C)o1. The zero-order valence-electron chi connectivity index (χ0n) is 17.7. The number of aromatic nitrogens is 1. The van der Waals surface area contributed by atoms with E-state index in [0.717, 1.165) is 11.3 Å². The lowest BCUT2D eigenvalue weighted by Gasteiger charge is -2.22. The van der Waals surface area contributed by atoms with Gasteiger partial charge in [0.1, 0.15) is 17.3 Å². The molecule has 162 valence electrons. The van der Waals surface area contributed by atoms with Gasteiger partial charge in [0.25, 0.3) is 5.91 Å². The third kappa shape index (κ3) is 6.50. The minimum absolute atomic E-state index is 0.145. The van der Waals surface area contributed by atoms with Gasteiger partial charge < -0.3 is 14.6 Å². The van der Waals surface area contributed by atoms with Crippen molar-refractivity contribution in [1.29, 1.82) is 0 Å². The van der Waals surface area contributed by atoms with Gasteiger partial charge in [0.05, 0.1) is 5.56 Å². The molecule has 0 spiro atoms. The van der Waals surface area contributed by atoms with Crippen LogP contribution in [0.15, 0.2) is 59.1 Å². The molecule has 0 saturated carbocycles. The highest BCUT2D eigenvalue weighted by molar-refractivity contribution is 5.95. The summed E-state index contributed by atoms with van der Waals surface area (Å²) in [5.41, 5.74) is 2.15. The van der Waals surface area contributed by atoms with Crippen LogP contribution in [0.3, 0.4) is 0 Å². The fraction of sp³-hybridized carbons (Fsp3) is 0.292. The quantitative estimate of drug-likeness (QED) is 0.568. The van der Waals surface area contributed by atoms with E-state index in [9.17, 15) is 14.0 Å². The van der Waals surface area contributed by atoms with Gasteiger partial charge in [-0.3, -0.25) is 14.6 Å². The number of benzene rings is 1. The van der Waals surface area contributed by atoms with Crippen LogP contribution in [0.2, 0.25) is 0 Å². The van der Waals surface area contributed by atoms with E-state index in [0.29, 0.717) is 30.0 Å². The predicted molar refractivity (Wildman–Crippen MR) is 115 cm³/mol. The smallest absolute Gasteiger partial charge is 0.257 e. The first-order valence-electron chi connectivity index (χ1n) is 10.2. The molecule has 1 aromatic carbocycles. The summed E-state index contributed by atoms with van der Waals surface area (Å²) in [5.74, 6) is 0.476. The second-order valence-corrected chi connectivity index (χ2v) is 7.35. The van der Waals surface area contributed by atoms with Crippen LogP contribution in [0.25, 0.3) is 0 Å². The van der Waals surface area contributed by atoms with Crippen molar-refractivity contribution < 1.29 is 18.4 Å². The fourth-order valence-electron chi connectivity index (χ4n) is 3.28. The molecule has 0 saturated heterocycles. The molecule has 3 rings (SSSR count). The summed E-state index contributed by atoms with van der Waals surface area (Å²) >= 11 is 0. The Morgan fingerprint density at radius 1 is 1.13 bits per heavy atom. The zero-order chi connectivity index (χ0) is 22.2. The van der Waals surface area contributed by atoms with Crippen LogP contribution in [-0.2, 0) is 17.8 Å². The first-order chi connectivity index (χ1) is 14.9. The number of nitrogens with zero attached hydrogens (tertiary/aromatic N) is 2. The second kappa shape index (κ2) is 10.5. The van der Waals surface area contributed by atoms with Crippen LogP contribution in [0.1, 0.15) is 39.6 Å². The highest BCUT2D eigenvalue weighted by Crippen LogP contribution is 2.18. The van der Waals surface area contributed by atoms with E-state index in [1.54, 1.807) is 43.1 Å². The number of carbonyl (C=O) groups is 2. The lowest BCUT2D eigenvalue weighted by atomic mass is 10.1. The molecule has 0 unspecified atom stereocenters. The molecule has 0 fully saturated rings. The van der Waals surface area contributed by atoms with Crippen LogP contribution in [0.5, 0.6) is 0 Å². The number of aryl methyl sites for hydroxylation is 2. The molecule has 0 atom stereocenters. The molecule has 2 heterocycles. The average Bonchev–Trinajstić information content (AvgIpc) is 3.10. The van der Waals surface area contributed by atoms with Gasteiger partial charge in [0, 0.05) is 44.4 Å². The Morgan fingerprint density at radius 3 is 2.55 bits per heavy atom. The number of carbonyl (C=O) groups excluding carboxylic acids is 2. The van der Waals surface area contributed by atoms with Gasteiger partial charge >= 0.3 is 0 Å². The molecular weight excluding hydrogens is 397 g/mol. The third-order valence-electron chi connectivity index (χ3n) is 4.88. The normalized spacial score (nSPS) is 10.7. The summed E-state index contributed by atoms with van der Waals surface area (Å²) < 4.78 is 18.7. The molecule has 7 heteroatoms. The van der Waals surface area contributed by atoms with E-state index < -0.39 is 0 Å². The van der Waals surface area contributed by atoms with Crippen molar-refractivity contribution in [1.82, 2.24) is 15.2 Å². The van der Waals surface area contributed by atoms with E-state index >= 15 is 0 Å². The number of pyridine rings is 1. The highest BCUT2D eigenvalue weighted by Gasteiger charge is 2.21. The van der Waals surface area contributed by atoms with Crippen molar-refractivity contribution >= 4 is 11.8 Å². The maximum atomic E-state index is 13.2. The van der Waals surface area contributed by atoms with Crippen LogP contribution >= 0.6 is 0 Å². The maximum absolute atomic E-state index is 13.2. The molecular formula is C24H26FN3O3. The van der Waals surface area contributed by atoms with Crippen molar-refractivity contribution in [3.8, 4) is 0 Å². The van der Waals surface area contributed by atoms with Gasteiger partial charge in [-0.25, -0.2) is 4.39 Å². The second-order valence-electron chi connectivity index (χ2n) is 7.35. The number of rotatable bonds is 9. The van der Waals surface area contributed by atoms with Crippen LogP contribution in [0.4, 0.5) is 4.39 Å². The lowest BCUT2D eigenvalue weighted by molar-refractivity contribution is -0.121. The molecule has 31 heavy (non-hydrogen) atoms. The monoisotopic (exact) mass is 423 g/mol. The molecule has 0 aliphatic rings. The number of halogens is 1. The largest absolute Gasteiger partial charge is 0.466 e. The number of hydrogen-bond donors (Lipinski definition) is 1. The van der Waals surface area contributed by atoms with Gasteiger partial charge in [-0.2, -0.15) is 0 Å². The first kappa shape index (κ1) is 22.2. The summed E-state index contributed by atoms with van der Waals surface area (Å²) in [7, 11) is 0. The fourth-order valence-corrected chi connectivity index (χ4v) is 3.28. The number of furan rings is 1. The summed E-state index contributed by atoms with van der Waals surface area (Å²) in [6.07, 6.45) is 2.51. The van der Waals surface area contributed by atoms with Gasteiger partial charge in [0.15, 0.2) is 0 Å². The third-order valence-corrected chi connectivity index (χ3v) is 4.88. The summed E-state index contributed by atoms with van der Waals surface area (Å²) in [6.45, 7) is 4.49. The van der Waals surface area contributed by atoms with E-state index in [1.165, 1.54) is 12.1 Å². The van der Waals surface area contributed by atoms with Gasteiger partial charge in [-0.05, 0) is 49.7 Å². The van der Waals surface area contributed by atoms with Crippen molar-refractivity contribution in [3.05, 3.63) is 88.9 Å². The Balaban J connectivity index is 1.61. The van der Waals surface area contributed by atoms with Crippen LogP contribution < -0.4 is 5.32 Å². The number of amides is 2. The van der Waals surface area contributed by atoms with Crippen molar-refractivity contribution in [2.75, 3.05) is 13.1 Å². The van der Waals surface area contributed by atoms with E-state index in [2.05, 4.69) is 10.3 Å². The Hall–Kier alpha value is -3.48. The predicted octanol–water partition coefficient (Wildman–Crippen LogP) is 3.82. The minimum Gasteiger partial charge on any atom is -0.466 e. The Bertz CT molecular complexity index is 1020. The van der Waals surface area contributed by atoms with Gasteiger partial charge in [-0.15, -0.1) is 0 Å². The van der Waals surface area contributed by atoms with Crippen LogP contribution in [0, 0.1) is 19.7 Å². The molecule has 0 bridgehead atoms. The maximum Gasteiger partial charge on any atom is 0.257 e. The van der Waals surface area contributed by atoms with E-state index in [1.807, 2.05) is 18.2 Å². The minimum atomic E-state index is -0.338. The standard InChI is InChI=1S/C24H26FN3O3/c1-17-15-22(18(2)31-17)24(30)28(16-19-6-8-20(25)9-7-19)14-11-23(29)27-13-10-21-5-3-4-12-26-21/h3-9,12,15H,10-11,13-14,16H2,1-2H3,(H,27,29). The molecule has 0 aliphatic heterocycles. The molecule has 2 aromatic heterocycles. The molecule has 2 amide bonds. The molecule has 0 radical (unpaired) electrons. The number of hydrogen-bond acceptors (Lipinski definition) is 4. The average molecular weight is 423 g/mol. The highest BCUT2D eigenvalue weighted by atomic mass is 19.1. The van der Waals surface area contributed by atoms with Gasteiger partial charge in [0.2, 0.25) is 5.91 Å². The van der Waals surface area contributed by atoms with E-state index in [-0.39, 0.29) is 37.1 Å². The molecule has 3 aromatic rings. The topological polar surface area (TPSA) is 75.4 Å². The van der Waals surface area contributed by atoms with Crippen LogP contribution in [-0.4, -0.2) is 34.8 Å². The summed E-state index contributed by atoms with van der Waals surface area (Å²) in [5, 5.41) is 2.87. The molecule has 6 nitrogen and oxygen atoms in total. The molecule has 0 aliphatic carbocycles. The van der Waals surface area contributed by atoms with E-state index in [4.69, 9.17) is 4.42 Å². The number of nitrogens with one attached hydrogen (secondary N) is 1. The first-order valence-corrected chi connectivity index (χ1v) is 10.2. The lowest BCUT2D eigenvalue weighted by Crippen LogP contribution is -2.35.